The van der Waals surface area contributed by atoms with Gasteiger partial charge in [0, 0.05) is 61.4 Å². The summed E-state index contributed by atoms with van der Waals surface area (Å²) < 4.78 is 5.36. The van der Waals surface area contributed by atoms with Gasteiger partial charge in [-0.15, -0.1) is 21.8 Å². The molecule has 4 N–H and O–H groups in total. The maximum Gasteiger partial charge on any atom is 0.254 e. The minimum atomic E-state index is -0.207. The number of aromatic nitrogens is 2. The highest BCUT2D eigenvalue weighted by Gasteiger charge is 2.41. The van der Waals surface area contributed by atoms with Crippen LogP contribution in [-0.4, -0.2) is 77.2 Å². The van der Waals surface area contributed by atoms with Crippen LogP contribution < -0.4 is 21.5 Å². The lowest BCUT2D eigenvalue weighted by Crippen LogP contribution is -2.47. The summed E-state index contributed by atoms with van der Waals surface area (Å²) >= 11 is 8.19. The van der Waals surface area contributed by atoms with Crippen molar-refractivity contribution in [3.8, 4) is 10.6 Å². The van der Waals surface area contributed by atoms with Gasteiger partial charge in [0.15, 0.2) is 0 Å². The predicted molar refractivity (Wildman–Crippen MR) is 131 cm³/mol. The number of fused-ring (bicyclic) bond motifs is 1. The second-order valence-corrected chi connectivity index (χ2v) is 10.3. The van der Waals surface area contributed by atoms with Crippen molar-refractivity contribution in [2.45, 2.75) is 37.2 Å². The minimum absolute atomic E-state index is 0.0190. The second kappa shape index (κ2) is 10.1. The zero-order chi connectivity index (χ0) is 23.7. The third kappa shape index (κ3) is 5.03. The normalized spacial score (nSPS) is 26.7. The Morgan fingerprint density at radius 2 is 2.03 bits per heavy atom. The number of amides is 2. The first-order valence-electron chi connectivity index (χ1n) is 11.5. The molecule has 1 aliphatic carbocycles. The second-order valence-electron chi connectivity index (χ2n) is 8.87. The molecule has 2 aromatic rings. The van der Waals surface area contributed by atoms with Gasteiger partial charge in [0.05, 0.1) is 18.6 Å². The molecule has 2 saturated heterocycles. The van der Waals surface area contributed by atoms with E-state index in [4.69, 9.17) is 16.3 Å². The fraction of sp³-hybridized carbons (Fsp3) is 0.545. The molecule has 4 atom stereocenters. The summed E-state index contributed by atoms with van der Waals surface area (Å²) in [6.45, 7) is 4.42. The van der Waals surface area contributed by atoms with Gasteiger partial charge < -0.3 is 20.3 Å². The summed E-state index contributed by atoms with van der Waals surface area (Å²) in [7, 11) is 0. The molecule has 3 fully saturated rings. The molecule has 182 valence electrons. The van der Waals surface area contributed by atoms with Gasteiger partial charge in [0.25, 0.3) is 5.91 Å². The number of hydrogen-bond donors (Lipinski definition) is 4. The molecule has 12 heteroatoms. The molecule has 1 aromatic carbocycles. The highest BCUT2D eigenvalue weighted by molar-refractivity contribution is 7.18. The molecule has 1 aromatic heterocycles. The fourth-order valence-corrected chi connectivity index (χ4v) is 6.05. The molecule has 2 aliphatic heterocycles. The Morgan fingerprint density at radius 3 is 2.82 bits per heavy atom. The first kappa shape index (κ1) is 23.4. The van der Waals surface area contributed by atoms with E-state index in [1.54, 1.807) is 17.0 Å². The van der Waals surface area contributed by atoms with Gasteiger partial charge in [-0.25, -0.2) is 0 Å². The summed E-state index contributed by atoms with van der Waals surface area (Å²) in [5, 5.41) is 16.3. The van der Waals surface area contributed by atoms with Crippen LogP contribution >= 0.6 is 22.9 Å². The van der Waals surface area contributed by atoms with Crippen LogP contribution in [0.2, 0.25) is 0 Å². The van der Waals surface area contributed by atoms with Crippen LogP contribution in [-0.2, 0) is 9.53 Å². The van der Waals surface area contributed by atoms with Gasteiger partial charge in [-0.3, -0.25) is 20.4 Å². The number of halogens is 1. The van der Waals surface area contributed by atoms with Crippen LogP contribution in [0.5, 0.6) is 0 Å². The van der Waals surface area contributed by atoms with Crippen LogP contribution in [0, 0.1) is 5.92 Å². The van der Waals surface area contributed by atoms with Crippen LogP contribution in [0.3, 0.4) is 0 Å². The molecule has 5 rings (SSSR count). The molecule has 3 heterocycles. The van der Waals surface area contributed by atoms with Crippen molar-refractivity contribution in [2.24, 2.45) is 5.92 Å². The standard InChI is InChI=1S/C22H28ClN7O3S/c1-12(31)25-15-9-13(8-14(10-15)21(32)30-4-6-33-7-5-30)20-28-29-22(34-20)26-18-3-2-17-16(19(18)23)11-24-27-17/h8-10,16-19,24,27H,2-7,11H2,1H3,(H,25,31)(H,26,29). The molecule has 10 nitrogen and oxygen atoms in total. The van der Waals surface area contributed by atoms with E-state index in [-0.39, 0.29) is 23.2 Å². The molecule has 2 amide bonds. The molecule has 1 saturated carbocycles. The zero-order valence-corrected chi connectivity index (χ0v) is 20.4. The van der Waals surface area contributed by atoms with Crippen molar-refractivity contribution in [1.29, 1.82) is 0 Å². The Kier molecular flexibility index (Phi) is 6.98. The van der Waals surface area contributed by atoms with E-state index < -0.39 is 0 Å². The van der Waals surface area contributed by atoms with E-state index in [9.17, 15) is 9.59 Å². The quantitative estimate of drug-likeness (QED) is 0.455. The largest absolute Gasteiger partial charge is 0.378 e. The lowest BCUT2D eigenvalue weighted by molar-refractivity contribution is -0.114. The van der Waals surface area contributed by atoms with Crippen molar-refractivity contribution in [3.05, 3.63) is 23.8 Å². The third-order valence-electron chi connectivity index (χ3n) is 6.50. The number of hydrogen-bond acceptors (Lipinski definition) is 9. The number of carbonyl (C=O) groups is 2. The highest BCUT2D eigenvalue weighted by atomic mass is 35.5. The molecule has 3 aliphatic rings. The van der Waals surface area contributed by atoms with Crippen LogP contribution in [0.4, 0.5) is 10.8 Å². The van der Waals surface area contributed by atoms with Gasteiger partial charge in [-0.05, 0) is 31.0 Å². The minimum Gasteiger partial charge on any atom is -0.378 e. The van der Waals surface area contributed by atoms with Gasteiger partial charge >= 0.3 is 0 Å². The van der Waals surface area contributed by atoms with Crippen molar-refractivity contribution in [2.75, 3.05) is 43.5 Å². The third-order valence-corrected chi connectivity index (χ3v) is 8.03. The van der Waals surface area contributed by atoms with Crippen molar-refractivity contribution in [1.82, 2.24) is 25.9 Å². The summed E-state index contributed by atoms with van der Waals surface area (Å²) in [5.74, 6) is 0.0599. The average Bonchev–Trinajstić information content (AvgIpc) is 3.50. The number of benzene rings is 1. The zero-order valence-electron chi connectivity index (χ0n) is 18.8. The lowest BCUT2D eigenvalue weighted by atomic mass is 9.82. The Labute approximate surface area is 206 Å². The van der Waals surface area contributed by atoms with E-state index in [1.165, 1.54) is 18.3 Å². The number of rotatable bonds is 5. The molecule has 34 heavy (non-hydrogen) atoms. The monoisotopic (exact) mass is 505 g/mol. The number of hydrazine groups is 1. The fourth-order valence-electron chi connectivity index (χ4n) is 4.80. The number of ether oxygens (including phenoxy) is 1. The molecular formula is C22H28ClN7O3S. The van der Waals surface area contributed by atoms with Crippen molar-refractivity contribution < 1.29 is 14.3 Å². The number of nitrogens with zero attached hydrogens (tertiary/aromatic N) is 3. The molecule has 4 unspecified atom stereocenters. The number of anilines is 2. The van der Waals surface area contributed by atoms with Gasteiger partial charge in [-0.2, -0.15) is 0 Å². The molecule has 0 radical (unpaired) electrons. The van der Waals surface area contributed by atoms with Crippen molar-refractivity contribution in [3.63, 3.8) is 0 Å². The first-order valence-corrected chi connectivity index (χ1v) is 12.8. The highest BCUT2D eigenvalue weighted by Crippen LogP contribution is 2.35. The summed E-state index contributed by atoms with van der Waals surface area (Å²) in [6, 6.07) is 5.83. The van der Waals surface area contributed by atoms with E-state index in [0.717, 1.165) is 24.9 Å². The topological polar surface area (TPSA) is 121 Å². The molecule has 0 spiro atoms. The van der Waals surface area contributed by atoms with Crippen LogP contribution in [0.1, 0.15) is 30.1 Å². The molecule has 0 bridgehead atoms. The summed E-state index contributed by atoms with van der Waals surface area (Å²) in [6.07, 6.45) is 1.98. The van der Waals surface area contributed by atoms with E-state index in [1.807, 2.05) is 6.07 Å². The van der Waals surface area contributed by atoms with E-state index >= 15 is 0 Å². The van der Waals surface area contributed by atoms with E-state index in [2.05, 4.69) is 31.7 Å². The number of alkyl halides is 1. The summed E-state index contributed by atoms with van der Waals surface area (Å²) in [5.41, 5.74) is 8.27. The van der Waals surface area contributed by atoms with Gasteiger partial charge in [-0.1, -0.05) is 11.3 Å². The Hall–Kier alpha value is -2.31. The number of morpholine rings is 1. The maximum absolute atomic E-state index is 13.1. The van der Waals surface area contributed by atoms with Crippen LogP contribution in [0.25, 0.3) is 10.6 Å². The molecular weight excluding hydrogens is 478 g/mol. The Morgan fingerprint density at radius 1 is 1.21 bits per heavy atom. The predicted octanol–water partition coefficient (Wildman–Crippen LogP) is 1.91. The smallest absolute Gasteiger partial charge is 0.254 e. The number of nitrogens with one attached hydrogen (secondary N) is 4. The number of carbonyl (C=O) groups excluding carboxylic acids is 2. The first-order chi connectivity index (χ1) is 16.5. The van der Waals surface area contributed by atoms with Crippen LogP contribution in [0.15, 0.2) is 18.2 Å². The van der Waals surface area contributed by atoms with Gasteiger partial charge in [0.1, 0.15) is 5.01 Å². The Bertz CT molecular complexity index is 1060. The SMILES string of the molecule is CC(=O)Nc1cc(C(=O)N2CCOCC2)cc(-c2nnc(NC3CCC4NNCC4C3Cl)s2)c1. The average molecular weight is 506 g/mol. The maximum atomic E-state index is 13.1. The van der Waals surface area contributed by atoms with Crippen molar-refractivity contribution >= 4 is 45.6 Å². The van der Waals surface area contributed by atoms with Gasteiger partial charge in [0.2, 0.25) is 11.0 Å². The Balaban J connectivity index is 1.36. The summed E-state index contributed by atoms with van der Waals surface area (Å²) in [4.78, 5) is 26.6. The van der Waals surface area contributed by atoms with E-state index in [0.29, 0.717) is 59.7 Å². The lowest BCUT2D eigenvalue weighted by Gasteiger charge is -2.35.